The number of ether oxygens (including phenoxy) is 2. The zero-order valence-corrected chi connectivity index (χ0v) is 13.9. The number of aryl methyl sites for hydroxylation is 2. The van der Waals surface area contributed by atoms with Gasteiger partial charge in [0.1, 0.15) is 13.2 Å². The number of rotatable bonds is 5. The molecule has 2 aromatic rings. The van der Waals surface area contributed by atoms with Crippen LogP contribution in [0.2, 0.25) is 5.02 Å². The SMILES string of the molecule is Cc1nn(C)cc1CNCC(O)c1cc(Cl)c2c(c1)OCCO2. The molecule has 2 N–H and O–H groups in total. The van der Waals surface area contributed by atoms with E-state index >= 15 is 0 Å². The van der Waals surface area contributed by atoms with E-state index < -0.39 is 6.10 Å². The first-order valence-electron chi connectivity index (χ1n) is 7.51. The Kier molecular flexibility index (Phi) is 4.75. The standard InChI is InChI=1S/C16H20ClN3O3/c1-10-12(9-20(2)19-10)7-18-8-14(21)11-5-13(17)16-15(6-11)22-3-4-23-16/h5-6,9,14,18,21H,3-4,7-8H2,1-2H3. The number of aliphatic hydroxyl groups is 1. The fourth-order valence-electron chi connectivity index (χ4n) is 2.61. The molecule has 0 amide bonds. The van der Waals surface area contributed by atoms with Gasteiger partial charge in [-0.25, -0.2) is 0 Å². The van der Waals surface area contributed by atoms with Crippen molar-refractivity contribution in [3.63, 3.8) is 0 Å². The van der Waals surface area contributed by atoms with Crippen LogP contribution in [0.3, 0.4) is 0 Å². The van der Waals surface area contributed by atoms with E-state index in [9.17, 15) is 5.11 Å². The molecule has 1 atom stereocenters. The molecule has 0 radical (unpaired) electrons. The highest BCUT2D eigenvalue weighted by atomic mass is 35.5. The topological polar surface area (TPSA) is 68.5 Å². The number of fused-ring (bicyclic) bond motifs is 1. The van der Waals surface area contributed by atoms with Crippen molar-refractivity contribution < 1.29 is 14.6 Å². The van der Waals surface area contributed by atoms with E-state index in [-0.39, 0.29) is 0 Å². The van der Waals surface area contributed by atoms with Crippen LogP contribution in [0.1, 0.15) is 22.9 Å². The predicted octanol–water partition coefficient (Wildman–Crippen LogP) is 1.98. The molecule has 3 rings (SSSR count). The number of nitrogens with one attached hydrogen (secondary N) is 1. The highest BCUT2D eigenvalue weighted by Gasteiger charge is 2.19. The number of aromatic nitrogens is 2. The van der Waals surface area contributed by atoms with Gasteiger partial charge in [-0.15, -0.1) is 0 Å². The van der Waals surface area contributed by atoms with E-state index in [4.69, 9.17) is 21.1 Å². The molecule has 0 fully saturated rings. The smallest absolute Gasteiger partial charge is 0.179 e. The fourth-order valence-corrected chi connectivity index (χ4v) is 2.88. The number of halogens is 1. The van der Waals surface area contributed by atoms with Crippen LogP contribution < -0.4 is 14.8 Å². The van der Waals surface area contributed by atoms with E-state index in [1.54, 1.807) is 16.8 Å². The Balaban J connectivity index is 1.63. The van der Waals surface area contributed by atoms with E-state index in [1.165, 1.54) is 0 Å². The predicted molar refractivity (Wildman–Crippen MR) is 87.1 cm³/mol. The Bertz CT molecular complexity index is 702. The lowest BCUT2D eigenvalue weighted by Gasteiger charge is -2.21. The van der Waals surface area contributed by atoms with Crippen LogP contribution in [0.4, 0.5) is 0 Å². The minimum absolute atomic E-state index is 0.407. The maximum absolute atomic E-state index is 10.4. The third-order valence-corrected chi connectivity index (χ3v) is 4.05. The van der Waals surface area contributed by atoms with Crippen molar-refractivity contribution in [1.29, 1.82) is 0 Å². The average Bonchev–Trinajstić information content (AvgIpc) is 2.85. The van der Waals surface area contributed by atoms with Crippen LogP contribution in [0.25, 0.3) is 0 Å². The second kappa shape index (κ2) is 6.78. The first kappa shape index (κ1) is 16.1. The summed E-state index contributed by atoms with van der Waals surface area (Å²) in [5, 5.41) is 18.3. The summed E-state index contributed by atoms with van der Waals surface area (Å²) < 4.78 is 12.8. The van der Waals surface area contributed by atoms with Crippen molar-refractivity contribution in [2.75, 3.05) is 19.8 Å². The minimum Gasteiger partial charge on any atom is -0.486 e. The first-order valence-corrected chi connectivity index (χ1v) is 7.89. The molecule has 1 aliphatic heterocycles. The molecule has 23 heavy (non-hydrogen) atoms. The Hall–Kier alpha value is -1.76. The second-order valence-corrected chi connectivity index (χ2v) is 5.99. The molecule has 0 bridgehead atoms. The largest absolute Gasteiger partial charge is 0.486 e. The van der Waals surface area contributed by atoms with E-state index in [2.05, 4.69) is 10.4 Å². The van der Waals surface area contributed by atoms with Gasteiger partial charge in [-0.3, -0.25) is 4.68 Å². The van der Waals surface area contributed by atoms with Gasteiger partial charge in [-0.05, 0) is 24.6 Å². The third-order valence-electron chi connectivity index (χ3n) is 3.77. The van der Waals surface area contributed by atoms with Crippen molar-refractivity contribution in [2.45, 2.75) is 19.6 Å². The van der Waals surface area contributed by atoms with E-state index in [0.29, 0.717) is 48.4 Å². The summed E-state index contributed by atoms with van der Waals surface area (Å²) in [6.45, 7) is 4.00. The molecule has 1 aromatic carbocycles. The van der Waals surface area contributed by atoms with Crippen LogP contribution in [-0.2, 0) is 13.6 Å². The molecule has 7 heteroatoms. The molecular weight excluding hydrogens is 318 g/mol. The zero-order chi connectivity index (χ0) is 16.4. The summed E-state index contributed by atoms with van der Waals surface area (Å²) in [5.74, 6) is 1.13. The normalized spacial score (nSPS) is 14.8. The van der Waals surface area contributed by atoms with Crippen molar-refractivity contribution in [3.05, 3.63) is 40.2 Å². The van der Waals surface area contributed by atoms with Crippen LogP contribution in [0, 0.1) is 6.92 Å². The molecule has 6 nitrogen and oxygen atoms in total. The van der Waals surface area contributed by atoms with Crippen LogP contribution in [0.15, 0.2) is 18.3 Å². The van der Waals surface area contributed by atoms with Gasteiger partial charge >= 0.3 is 0 Å². The Labute approximate surface area is 140 Å². The van der Waals surface area contributed by atoms with Crippen molar-refractivity contribution >= 4 is 11.6 Å². The molecule has 0 spiro atoms. The number of aliphatic hydroxyl groups excluding tert-OH is 1. The van der Waals surface area contributed by atoms with Gasteiger partial charge in [-0.2, -0.15) is 5.10 Å². The van der Waals surface area contributed by atoms with Crippen molar-refractivity contribution in [3.8, 4) is 11.5 Å². The maximum atomic E-state index is 10.4. The number of hydrogen-bond donors (Lipinski definition) is 2. The van der Waals surface area contributed by atoms with Gasteiger partial charge in [0.2, 0.25) is 0 Å². The van der Waals surface area contributed by atoms with Gasteiger partial charge in [0.25, 0.3) is 0 Å². The number of nitrogens with zero attached hydrogens (tertiary/aromatic N) is 2. The van der Waals surface area contributed by atoms with Crippen LogP contribution in [-0.4, -0.2) is 34.6 Å². The summed E-state index contributed by atoms with van der Waals surface area (Å²) in [7, 11) is 1.89. The van der Waals surface area contributed by atoms with Gasteiger partial charge in [0.05, 0.1) is 16.8 Å². The summed E-state index contributed by atoms with van der Waals surface area (Å²) >= 11 is 6.20. The monoisotopic (exact) mass is 337 g/mol. The fraction of sp³-hybridized carbons (Fsp3) is 0.438. The second-order valence-electron chi connectivity index (χ2n) is 5.59. The third kappa shape index (κ3) is 3.60. The van der Waals surface area contributed by atoms with Gasteiger partial charge < -0.3 is 19.9 Å². The van der Waals surface area contributed by atoms with Gasteiger partial charge in [0, 0.05) is 31.9 Å². The molecule has 1 aliphatic rings. The van der Waals surface area contributed by atoms with Crippen LogP contribution in [0.5, 0.6) is 11.5 Å². The average molecular weight is 338 g/mol. The van der Waals surface area contributed by atoms with Crippen LogP contribution >= 0.6 is 11.6 Å². The zero-order valence-electron chi connectivity index (χ0n) is 13.2. The molecule has 2 heterocycles. The summed E-state index contributed by atoms with van der Waals surface area (Å²) in [4.78, 5) is 0. The molecule has 0 saturated heterocycles. The van der Waals surface area contributed by atoms with E-state index in [1.807, 2.05) is 20.2 Å². The van der Waals surface area contributed by atoms with E-state index in [0.717, 1.165) is 11.3 Å². The van der Waals surface area contributed by atoms with Gasteiger partial charge in [0.15, 0.2) is 11.5 Å². The Morgan fingerprint density at radius 2 is 2.17 bits per heavy atom. The lowest BCUT2D eigenvalue weighted by molar-refractivity contribution is 0.163. The molecular formula is C16H20ClN3O3. The Morgan fingerprint density at radius 3 is 2.91 bits per heavy atom. The molecule has 1 unspecified atom stereocenters. The molecule has 124 valence electrons. The Morgan fingerprint density at radius 1 is 1.39 bits per heavy atom. The highest BCUT2D eigenvalue weighted by Crippen LogP contribution is 2.39. The highest BCUT2D eigenvalue weighted by molar-refractivity contribution is 6.32. The summed E-state index contributed by atoms with van der Waals surface area (Å²) in [5.41, 5.74) is 2.80. The van der Waals surface area contributed by atoms with Crippen molar-refractivity contribution in [1.82, 2.24) is 15.1 Å². The maximum Gasteiger partial charge on any atom is 0.179 e. The number of benzene rings is 1. The molecule has 1 aromatic heterocycles. The lowest BCUT2D eigenvalue weighted by atomic mass is 10.1. The molecule has 0 saturated carbocycles. The van der Waals surface area contributed by atoms with Gasteiger partial charge in [-0.1, -0.05) is 11.6 Å². The first-order chi connectivity index (χ1) is 11.0. The molecule has 0 aliphatic carbocycles. The van der Waals surface area contributed by atoms with Crippen molar-refractivity contribution in [2.24, 2.45) is 7.05 Å². The number of hydrogen-bond acceptors (Lipinski definition) is 5. The summed E-state index contributed by atoms with van der Waals surface area (Å²) in [6.07, 6.45) is 1.29. The minimum atomic E-state index is -0.680. The lowest BCUT2D eigenvalue weighted by Crippen LogP contribution is -2.22. The quantitative estimate of drug-likeness (QED) is 0.873. The summed E-state index contributed by atoms with van der Waals surface area (Å²) in [6, 6.07) is 3.50.